The second-order valence-electron chi connectivity index (χ2n) is 7.05. The van der Waals surface area contributed by atoms with E-state index in [0.29, 0.717) is 27.5 Å². The van der Waals surface area contributed by atoms with Gasteiger partial charge in [0.15, 0.2) is 0 Å². The predicted octanol–water partition coefficient (Wildman–Crippen LogP) is 4.04. The minimum Gasteiger partial charge on any atom is -0.497 e. The monoisotopic (exact) mass is 434 g/mol. The Morgan fingerprint density at radius 2 is 1.94 bits per heavy atom. The van der Waals surface area contributed by atoms with Crippen LogP contribution in [0.4, 0.5) is 5.69 Å². The van der Waals surface area contributed by atoms with Gasteiger partial charge in [-0.05, 0) is 31.0 Å². The van der Waals surface area contributed by atoms with E-state index in [1.807, 2.05) is 31.2 Å². The molecule has 0 fully saturated rings. The van der Waals surface area contributed by atoms with Crippen LogP contribution < -0.4 is 15.7 Å². The number of aromatic nitrogens is 3. The number of anilines is 1. The van der Waals surface area contributed by atoms with E-state index in [-0.39, 0.29) is 12.5 Å². The Labute approximate surface area is 183 Å². The molecule has 0 bridgehead atoms. The quantitative estimate of drug-likeness (QED) is 0.495. The van der Waals surface area contributed by atoms with E-state index < -0.39 is 5.69 Å². The first kappa shape index (κ1) is 20.7. The third-order valence-electron chi connectivity index (χ3n) is 4.91. The highest BCUT2D eigenvalue weighted by atomic mass is 32.1. The van der Waals surface area contributed by atoms with Gasteiger partial charge >= 0.3 is 5.69 Å². The van der Waals surface area contributed by atoms with Crippen molar-refractivity contribution in [2.75, 3.05) is 12.4 Å². The summed E-state index contributed by atoms with van der Waals surface area (Å²) >= 11 is 1.38. The van der Waals surface area contributed by atoms with Crippen molar-refractivity contribution in [3.05, 3.63) is 69.6 Å². The van der Waals surface area contributed by atoms with Gasteiger partial charge in [-0.3, -0.25) is 9.36 Å². The zero-order valence-electron chi connectivity index (χ0n) is 17.5. The van der Waals surface area contributed by atoms with Crippen molar-refractivity contribution in [1.29, 1.82) is 0 Å². The number of hydrogen-bond donors (Lipinski definition) is 1. The molecular weight excluding hydrogens is 412 g/mol. The van der Waals surface area contributed by atoms with Crippen LogP contribution in [0.15, 0.2) is 53.3 Å². The first-order chi connectivity index (χ1) is 15.0. The summed E-state index contributed by atoms with van der Waals surface area (Å²) in [5, 5.41) is 3.60. The SMILES string of the molecule is CCc1ccc(-c2nc(=O)n(CC(=O)Nc3cccc(OC)c3)c3sc(C)nc23)cc1. The lowest BCUT2D eigenvalue weighted by atomic mass is 10.1. The average molecular weight is 435 g/mol. The van der Waals surface area contributed by atoms with Gasteiger partial charge in [0, 0.05) is 17.3 Å². The molecule has 4 rings (SSSR count). The fourth-order valence-electron chi connectivity index (χ4n) is 3.33. The van der Waals surface area contributed by atoms with Crippen molar-refractivity contribution >= 4 is 33.3 Å². The highest BCUT2D eigenvalue weighted by Crippen LogP contribution is 2.29. The van der Waals surface area contributed by atoms with E-state index in [4.69, 9.17) is 4.74 Å². The summed E-state index contributed by atoms with van der Waals surface area (Å²) in [6.07, 6.45) is 0.933. The molecule has 0 aliphatic heterocycles. The molecular formula is C23H22N4O3S. The Morgan fingerprint density at radius 1 is 1.16 bits per heavy atom. The van der Waals surface area contributed by atoms with Crippen molar-refractivity contribution < 1.29 is 9.53 Å². The van der Waals surface area contributed by atoms with Crippen LogP contribution in [0.3, 0.4) is 0 Å². The van der Waals surface area contributed by atoms with Gasteiger partial charge in [0.25, 0.3) is 0 Å². The number of carbonyl (C=O) groups is 1. The lowest BCUT2D eigenvalue weighted by Crippen LogP contribution is -2.29. The maximum Gasteiger partial charge on any atom is 0.349 e. The van der Waals surface area contributed by atoms with Crippen LogP contribution in [0.1, 0.15) is 17.5 Å². The maximum atomic E-state index is 12.9. The number of rotatable bonds is 6. The highest BCUT2D eigenvalue weighted by molar-refractivity contribution is 7.18. The van der Waals surface area contributed by atoms with Crippen molar-refractivity contribution in [2.24, 2.45) is 0 Å². The largest absolute Gasteiger partial charge is 0.497 e. The van der Waals surface area contributed by atoms with Crippen LogP contribution in [0, 0.1) is 6.92 Å². The number of methoxy groups -OCH3 is 1. The molecule has 0 aliphatic rings. The fourth-order valence-corrected chi connectivity index (χ4v) is 4.24. The molecule has 1 N–H and O–H groups in total. The zero-order chi connectivity index (χ0) is 22.0. The summed E-state index contributed by atoms with van der Waals surface area (Å²) in [6, 6.07) is 15.0. The van der Waals surface area contributed by atoms with Gasteiger partial charge in [-0.2, -0.15) is 4.98 Å². The molecule has 1 amide bonds. The predicted molar refractivity (Wildman–Crippen MR) is 123 cm³/mol. The summed E-state index contributed by atoms with van der Waals surface area (Å²) in [6.45, 7) is 3.81. The van der Waals surface area contributed by atoms with Crippen molar-refractivity contribution in [2.45, 2.75) is 26.8 Å². The Kier molecular flexibility index (Phi) is 5.81. The lowest BCUT2D eigenvalue weighted by molar-refractivity contribution is -0.116. The molecule has 2 aromatic carbocycles. The van der Waals surface area contributed by atoms with Gasteiger partial charge in [-0.1, -0.05) is 37.3 Å². The normalized spacial score (nSPS) is 10.9. The molecule has 0 aliphatic carbocycles. The molecule has 0 unspecified atom stereocenters. The maximum absolute atomic E-state index is 12.9. The van der Waals surface area contributed by atoms with Crippen LogP contribution in [-0.4, -0.2) is 27.6 Å². The first-order valence-corrected chi connectivity index (χ1v) is 10.7. The van der Waals surface area contributed by atoms with E-state index in [1.54, 1.807) is 31.4 Å². The number of ether oxygens (including phenoxy) is 1. The Balaban J connectivity index is 1.69. The molecule has 0 spiro atoms. The number of amides is 1. The molecule has 8 heteroatoms. The minimum absolute atomic E-state index is 0.157. The zero-order valence-corrected chi connectivity index (χ0v) is 18.3. The van der Waals surface area contributed by atoms with Crippen LogP contribution in [0.5, 0.6) is 5.75 Å². The van der Waals surface area contributed by atoms with Crippen LogP contribution in [0.2, 0.25) is 0 Å². The molecule has 0 saturated carbocycles. The summed E-state index contributed by atoms with van der Waals surface area (Å²) in [5.41, 5.74) is 3.31. The number of carbonyl (C=O) groups excluding carboxylic acids is 1. The molecule has 7 nitrogen and oxygen atoms in total. The van der Waals surface area contributed by atoms with Gasteiger partial charge in [0.05, 0.1) is 12.1 Å². The summed E-state index contributed by atoms with van der Waals surface area (Å²) in [5.74, 6) is 0.306. The van der Waals surface area contributed by atoms with Gasteiger partial charge in [0.2, 0.25) is 5.91 Å². The number of benzene rings is 2. The van der Waals surface area contributed by atoms with E-state index >= 15 is 0 Å². The van der Waals surface area contributed by atoms with Crippen LogP contribution in [0.25, 0.3) is 21.6 Å². The van der Waals surface area contributed by atoms with Gasteiger partial charge in [-0.15, -0.1) is 11.3 Å². The highest BCUT2D eigenvalue weighted by Gasteiger charge is 2.18. The van der Waals surface area contributed by atoms with E-state index in [2.05, 4.69) is 22.2 Å². The number of nitrogens with zero attached hydrogens (tertiary/aromatic N) is 3. The molecule has 4 aromatic rings. The van der Waals surface area contributed by atoms with Crippen LogP contribution in [-0.2, 0) is 17.8 Å². The number of hydrogen-bond acceptors (Lipinski definition) is 6. The Morgan fingerprint density at radius 3 is 2.65 bits per heavy atom. The molecule has 31 heavy (non-hydrogen) atoms. The van der Waals surface area contributed by atoms with Crippen molar-refractivity contribution in [1.82, 2.24) is 14.5 Å². The van der Waals surface area contributed by atoms with E-state index in [1.165, 1.54) is 21.5 Å². The van der Waals surface area contributed by atoms with Crippen molar-refractivity contribution in [3.63, 3.8) is 0 Å². The Hall–Kier alpha value is -3.52. The number of nitrogens with one attached hydrogen (secondary N) is 1. The van der Waals surface area contributed by atoms with Gasteiger partial charge in [0.1, 0.15) is 28.3 Å². The topological polar surface area (TPSA) is 86.1 Å². The van der Waals surface area contributed by atoms with E-state index in [9.17, 15) is 9.59 Å². The molecule has 158 valence electrons. The number of fused-ring (bicyclic) bond motifs is 1. The molecule has 2 heterocycles. The summed E-state index contributed by atoms with van der Waals surface area (Å²) in [7, 11) is 1.56. The minimum atomic E-state index is -0.480. The number of aryl methyl sites for hydroxylation is 2. The first-order valence-electron chi connectivity index (χ1n) is 9.89. The van der Waals surface area contributed by atoms with Crippen molar-refractivity contribution in [3.8, 4) is 17.0 Å². The number of thiazole rings is 1. The second-order valence-corrected chi connectivity index (χ2v) is 8.23. The van der Waals surface area contributed by atoms with Crippen LogP contribution >= 0.6 is 11.3 Å². The third kappa shape index (κ3) is 4.34. The smallest absolute Gasteiger partial charge is 0.349 e. The summed E-state index contributed by atoms with van der Waals surface area (Å²) in [4.78, 5) is 35.0. The average Bonchev–Trinajstić information content (AvgIpc) is 3.17. The Bertz CT molecular complexity index is 1310. The van der Waals surface area contributed by atoms with Gasteiger partial charge in [-0.25, -0.2) is 9.78 Å². The molecule has 0 atom stereocenters. The molecule has 2 aromatic heterocycles. The second kappa shape index (κ2) is 8.69. The molecule has 0 saturated heterocycles. The van der Waals surface area contributed by atoms with Gasteiger partial charge < -0.3 is 10.1 Å². The third-order valence-corrected chi connectivity index (χ3v) is 5.91. The fraction of sp³-hybridized carbons (Fsp3) is 0.217. The summed E-state index contributed by atoms with van der Waals surface area (Å²) < 4.78 is 6.56. The molecule has 0 radical (unpaired) electrons. The van der Waals surface area contributed by atoms with E-state index in [0.717, 1.165) is 17.0 Å². The lowest BCUT2D eigenvalue weighted by Gasteiger charge is -2.10. The standard InChI is InChI=1S/C23H22N4O3S/c1-4-15-8-10-16(11-9-15)20-21-22(31-14(2)24-21)27(23(29)26-20)13-19(28)25-17-6-5-7-18(12-17)30-3/h5-12H,4,13H2,1-3H3,(H,25,28).